The van der Waals surface area contributed by atoms with E-state index >= 15 is 0 Å². The molecule has 8 heteroatoms. The fraction of sp³-hybridized carbons (Fsp3) is 0. The van der Waals surface area contributed by atoms with E-state index < -0.39 is 5.56 Å². The van der Waals surface area contributed by atoms with Crippen molar-refractivity contribution in [1.82, 2.24) is 9.55 Å². The molecule has 1 aliphatic rings. The molecule has 6 nitrogen and oxygen atoms in total. The Morgan fingerprint density at radius 3 is 2.50 bits per heavy atom. The highest BCUT2D eigenvalue weighted by atomic mass is 35.5. The summed E-state index contributed by atoms with van der Waals surface area (Å²) in [7, 11) is 0. The summed E-state index contributed by atoms with van der Waals surface area (Å²) in [6.45, 7) is 0. The number of hydrogen-bond donors (Lipinski definition) is 2. The minimum Gasteiger partial charge on any atom is -0.494 e. The number of aromatic hydroxyl groups is 1. The normalized spacial score (nSPS) is 12.9. The van der Waals surface area contributed by atoms with Crippen LogP contribution in [-0.2, 0) is 0 Å². The summed E-state index contributed by atoms with van der Waals surface area (Å²) in [6.07, 6.45) is 4.37. The van der Waals surface area contributed by atoms with Crippen LogP contribution >= 0.6 is 23.8 Å². The largest absolute Gasteiger partial charge is 0.494 e. The predicted octanol–water partition coefficient (Wildman–Crippen LogP) is 2.71. The van der Waals surface area contributed by atoms with Gasteiger partial charge in [0.2, 0.25) is 5.88 Å². The van der Waals surface area contributed by atoms with Crippen LogP contribution in [0.3, 0.4) is 0 Å². The Balaban J connectivity index is 2.24. The number of aliphatic imine (C=N–C) groups is 2. The third kappa shape index (κ3) is 2.63. The van der Waals surface area contributed by atoms with Gasteiger partial charge in [0.25, 0.3) is 5.56 Å². The topological polar surface area (TPSA) is 82.7 Å². The van der Waals surface area contributed by atoms with E-state index in [1.54, 1.807) is 24.3 Å². The summed E-state index contributed by atoms with van der Waals surface area (Å²) in [5.41, 5.74) is 0.0773. The van der Waals surface area contributed by atoms with Crippen molar-refractivity contribution >= 4 is 42.3 Å². The molecule has 0 saturated carbocycles. The van der Waals surface area contributed by atoms with Gasteiger partial charge in [0.1, 0.15) is 5.56 Å². The highest BCUT2D eigenvalue weighted by molar-refractivity contribution is 7.71. The first-order valence-corrected chi connectivity index (χ1v) is 6.97. The molecule has 0 saturated heterocycles. The molecule has 1 aromatic heterocycles. The van der Waals surface area contributed by atoms with Crippen LogP contribution in [0.15, 0.2) is 44.9 Å². The molecule has 0 radical (unpaired) electrons. The highest BCUT2D eigenvalue weighted by Gasteiger charge is 2.13. The molecule has 0 aliphatic carbocycles. The number of hydrogen-bond acceptors (Lipinski definition) is 5. The van der Waals surface area contributed by atoms with Gasteiger partial charge in [-0.3, -0.25) is 14.3 Å². The van der Waals surface area contributed by atoms with Crippen LogP contribution in [0.5, 0.6) is 5.88 Å². The van der Waals surface area contributed by atoms with Crippen LogP contribution in [0.25, 0.3) is 11.8 Å². The van der Waals surface area contributed by atoms with Crippen LogP contribution < -0.4 is 5.56 Å². The average Bonchev–Trinajstić information content (AvgIpc) is 2.98. The van der Waals surface area contributed by atoms with Gasteiger partial charge in [-0.1, -0.05) is 11.6 Å². The van der Waals surface area contributed by atoms with Crippen LogP contribution in [0, 0.1) is 4.77 Å². The van der Waals surface area contributed by atoms with Crippen molar-refractivity contribution in [2.24, 2.45) is 9.98 Å². The molecule has 0 fully saturated rings. The lowest BCUT2D eigenvalue weighted by atomic mass is 10.2. The Bertz CT molecular complexity index is 925. The molecule has 0 atom stereocenters. The lowest BCUT2D eigenvalue weighted by Crippen LogP contribution is -2.16. The lowest BCUT2D eigenvalue weighted by molar-refractivity contribution is 0.432. The maximum atomic E-state index is 12.0. The molecule has 22 heavy (non-hydrogen) atoms. The van der Waals surface area contributed by atoms with Crippen molar-refractivity contribution in [2.75, 3.05) is 0 Å². The molecule has 0 spiro atoms. The van der Waals surface area contributed by atoms with E-state index in [0.29, 0.717) is 16.5 Å². The van der Waals surface area contributed by atoms with E-state index in [-0.39, 0.29) is 16.2 Å². The fourth-order valence-corrected chi connectivity index (χ4v) is 2.37. The van der Waals surface area contributed by atoms with Crippen molar-refractivity contribution in [2.45, 2.75) is 0 Å². The zero-order valence-electron chi connectivity index (χ0n) is 11.0. The molecular formula is C14H9ClN4O2S. The van der Waals surface area contributed by atoms with Gasteiger partial charge in [-0.2, -0.15) is 0 Å². The number of halogens is 1. The van der Waals surface area contributed by atoms with Gasteiger partial charge in [0.05, 0.1) is 5.69 Å². The quantitative estimate of drug-likeness (QED) is 0.829. The van der Waals surface area contributed by atoms with E-state index in [1.165, 1.54) is 23.1 Å². The Morgan fingerprint density at radius 1 is 1.23 bits per heavy atom. The zero-order chi connectivity index (χ0) is 15.7. The molecule has 0 amide bonds. The summed E-state index contributed by atoms with van der Waals surface area (Å²) in [6, 6.07) is 6.68. The number of H-pyrrole nitrogens is 1. The van der Waals surface area contributed by atoms with Crippen molar-refractivity contribution in [3.8, 4) is 11.6 Å². The monoisotopic (exact) mass is 332 g/mol. The molecule has 0 bridgehead atoms. The third-order valence-corrected chi connectivity index (χ3v) is 3.50. The van der Waals surface area contributed by atoms with Gasteiger partial charge in [-0.15, -0.1) is 0 Å². The van der Waals surface area contributed by atoms with Crippen LogP contribution in [0.1, 0.15) is 5.56 Å². The first kappa shape index (κ1) is 14.4. The second kappa shape index (κ2) is 5.70. The van der Waals surface area contributed by atoms with Crippen molar-refractivity contribution in [3.63, 3.8) is 0 Å². The van der Waals surface area contributed by atoms with Crippen molar-refractivity contribution in [3.05, 3.63) is 55.8 Å². The third-order valence-electron chi connectivity index (χ3n) is 2.96. The molecule has 3 rings (SSSR count). The molecule has 110 valence electrons. The Hall–Kier alpha value is -2.51. The maximum Gasteiger partial charge on any atom is 0.262 e. The Kier molecular flexibility index (Phi) is 3.74. The summed E-state index contributed by atoms with van der Waals surface area (Å²) in [5.74, 6) is 0.0291. The van der Waals surface area contributed by atoms with E-state index in [2.05, 4.69) is 15.0 Å². The van der Waals surface area contributed by atoms with Gasteiger partial charge in [0.15, 0.2) is 10.6 Å². The summed E-state index contributed by atoms with van der Waals surface area (Å²) in [5, 5.41) is 11.0. The summed E-state index contributed by atoms with van der Waals surface area (Å²) < 4.78 is 1.41. The summed E-state index contributed by atoms with van der Waals surface area (Å²) >= 11 is 11.0. The average molecular weight is 333 g/mol. The Labute approximate surface area is 134 Å². The van der Waals surface area contributed by atoms with E-state index in [0.717, 1.165) is 0 Å². The minimum atomic E-state index is -0.516. The first-order valence-electron chi connectivity index (χ1n) is 6.19. The standard InChI is InChI=1S/C14H9ClN4O2S/c15-8-1-3-9(4-2-8)19-13(21)10(12(20)18-14(19)22)7-11-16-5-6-17-11/h1-7,21H,(H,18,20,22). The van der Waals surface area contributed by atoms with E-state index in [9.17, 15) is 9.90 Å². The van der Waals surface area contributed by atoms with Crippen LogP contribution in [0.4, 0.5) is 0 Å². The SMILES string of the molecule is O=c1[nH]c(=S)n(-c2ccc(Cl)cc2)c(O)c1C=C1N=CC=N1. The number of aromatic amines is 1. The van der Waals surface area contributed by atoms with Crippen molar-refractivity contribution < 1.29 is 5.11 Å². The first-order chi connectivity index (χ1) is 10.6. The molecule has 1 aromatic carbocycles. The molecule has 1 aliphatic heterocycles. The smallest absolute Gasteiger partial charge is 0.262 e. The molecule has 0 unspecified atom stereocenters. The van der Waals surface area contributed by atoms with Gasteiger partial charge < -0.3 is 5.11 Å². The van der Waals surface area contributed by atoms with Crippen LogP contribution in [-0.4, -0.2) is 27.1 Å². The molecular weight excluding hydrogens is 324 g/mol. The van der Waals surface area contributed by atoms with Gasteiger partial charge in [-0.05, 0) is 36.5 Å². The predicted molar refractivity (Wildman–Crippen MR) is 88.9 cm³/mol. The van der Waals surface area contributed by atoms with E-state index in [4.69, 9.17) is 23.8 Å². The van der Waals surface area contributed by atoms with Gasteiger partial charge in [0, 0.05) is 23.5 Å². The lowest BCUT2D eigenvalue weighted by Gasteiger charge is -2.11. The number of nitrogens with zero attached hydrogens (tertiary/aromatic N) is 3. The molecule has 2 heterocycles. The van der Waals surface area contributed by atoms with Crippen molar-refractivity contribution in [1.29, 1.82) is 0 Å². The van der Waals surface area contributed by atoms with Crippen LogP contribution in [0.2, 0.25) is 5.02 Å². The molecule has 2 N–H and O–H groups in total. The Morgan fingerprint density at radius 2 is 1.86 bits per heavy atom. The number of rotatable bonds is 2. The second-order valence-corrected chi connectivity index (χ2v) is 5.19. The number of benzene rings is 1. The van der Waals surface area contributed by atoms with E-state index in [1.807, 2.05) is 0 Å². The number of nitrogens with one attached hydrogen (secondary N) is 1. The van der Waals surface area contributed by atoms with Gasteiger partial charge in [-0.25, -0.2) is 9.98 Å². The maximum absolute atomic E-state index is 12.0. The fourth-order valence-electron chi connectivity index (χ4n) is 1.95. The zero-order valence-corrected chi connectivity index (χ0v) is 12.6. The summed E-state index contributed by atoms with van der Waals surface area (Å²) in [4.78, 5) is 22.4. The van der Waals surface area contributed by atoms with Gasteiger partial charge >= 0.3 is 0 Å². The second-order valence-electron chi connectivity index (χ2n) is 4.37. The molecule has 2 aromatic rings. The highest BCUT2D eigenvalue weighted by Crippen LogP contribution is 2.23. The number of aromatic nitrogens is 2. The minimum absolute atomic E-state index is 0.0229.